The number of primary amides is 1. The lowest BCUT2D eigenvalue weighted by Gasteiger charge is -2.06. The summed E-state index contributed by atoms with van der Waals surface area (Å²) in [6, 6.07) is 17.9. The van der Waals surface area contributed by atoms with E-state index in [4.69, 9.17) is 17.3 Å². The molecule has 0 spiro atoms. The minimum absolute atomic E-state index is 0.163. The topological polar surface area (TPSA) is 114 Å². The molecule has 0 fully saturated rings. The summed E-state index contributed by atoms with van der Waals surface area (Å²) in [5.41, 5.74) is 9.21. The zero-order chi connectivity index (χ0) is 24.1. The predicted octanol–water partition coefficient (Wildman–Crippen LogP) is 5.62. The number of aliphatic imine (C=N–C) groups is 1. The minimum atomic E-state index is -0.648. The summed E-state index contributed by atoms with van der Waals surface area (Å²) >= 11 is 10.4. The molecule has 0 saturated heterocycles. The van der Waals surface area contributed by atoms with Crippen LogP contribution in [0.25, 0.3) is 0 Å². The third-order valence-corrected chi connectivity index (χ3v) is 7.22. The maximum absolute atomic E-state index is 12.2. The number of carbonyl (C=O) groups excluding carboxylic acids is 1. The van der Waals surface area contributed by atoms with Crippen molar-refractivity contribution in [2.75, 3.05) is 5.32 Å². The highest BCUT2D eigenvalue weighted by atomic mass is 127. The van der Waals surface area contributed by atoms with E-state index in [0.717, 1.165) is 26.3 Å². The van der Waals surface area contributed by atoms with Crippen molar-refractivity contribution in [3.05, 3.63) is 82.1 Å². The quantitative estimate of drug-likeness (QED) is 0.0992. The summed E-state index contributed by atoms with van der Waals surface area (Å²) in [6.07, 6.45) is 1.58. The van der Waals surface area contributed by atoms with Gasteiger partial charge >= 0.3 is 0 Å². The number of benzene rings is 2. The largest absolute Gasteiger partial charge is 0.365 e. The number of carbonyl (C=O) groups is 1. The van der Waals surface area contributed by atoms with Crippen LogP contribution in [-0.4, -0.2) is 32.1 Å². The number of halogens is 2. The second-order valence-electron chi connectivity index (χ2n) is 7.25. The maximum Gasteiger partial charge on any atom is 0.256 e. The molecule has 0 saturated carbocycles. The van der Waals surface area contributed by atoms with Gasteiger partial charge in [0.15, 0.2) is 11.6 Å². The van der Waals surface area contributed by atoms with E-state index in [9.17, 15) is 4.79 Å². The number of nitrogens with two attached hydrogens (primary N) is 1. The summed E-state index contributed by atoms with van der Waals surface area (Å²) in [5, 5.41) is 15.1. The van der Waals surface area contributed by atoms with Crippen molar-refractivity contribution in [3.63, 3.8) is 0 Å². The number of thioether (sulfide) groups is 1. The van der Waals surface area contributed by atoms with Crippen LogP contribution < -0.4 is 11.1 Å². The van der Waals surface area contributed by atoms with Crippen LogP contribution in [0.3, 0.4) is 0 Å². The number of aryl methyl sites for hydroxylation is 1. The number of aromatic amines is 1. The second-order valence-corrected chi connectivity index (χ2v) is 9.42. The number of aromatic nitrogens is 4. The molecule has 4 rings (SSSR count). The highest BCUT2D eigenvalue weighted by Gasteiger charge is 2.19. The number of alkyl halides is 1. The van der Waals surface area contributed by atoms with E-state index in [2.05, 4.69) is 48.2 Å². The Morgan fingerprint density at radius 1 is 1.29 bits per heavy atom. The molecule has 174 valence electrons. The van der Waals surface area contributed by atoms with Gasteiger partial charge in [0.1, 0.15) is 10.7 Å². The van der Waals surface area contributed by atoms with Crippen molar-refractivity contribution in [1.82, 2.24) is 20.0 Å². The Morgan fingerprint density at radius 2 is 2.09 bits per heavy atom. The molecular formula is C23H21ClIN7OS. The number of H-pyrrole nitrogens is 1. The molecular weight excluding hydrogens is 585 g/mol. The van der Waals surface area contributed by atoms with Crippen LogP contribution in [-0.2, 0) is 17.2 Å². The van der Waals surface area contributed by atoms with Crippen molar-refractivity contribution >= 4 is 75.4 Å². The zero-order valence-electron chi connectivity index (χ0n) is 18.1. The van der Waals surface area contributed by atoms with Crippen molar-refractivity contribution in [3.8, 4) is 0 Å². The lowest BCUT2D eigenvalue weighted by atomic mass is 10.2. The number of hydrogen-bond acceptors (Lipinski definition) is 6. The van der Waals surface area contributed by atoms with Gasteiger partial charge in [-0.15, -0.1) is 11.8 Å². The summed E-state index contributed by atoms with van der Waals surface area (Å²) in [5.74, 6) is 0.506. The van der Waals surface area contributed by atoms with Crippen molar-refractivity contribution in [1.29, 1.82) is 0 Å². The molecule has 1 amide bonds. The van der Waals surface area contributed by atoms with Gasteiger partial charge in [0.05, 0.1) is 11.3 Å². The molecule has 11 heteroatoms. The van der Waals surface area contributed by atoms with E-state index in [1.54, 1.807) is 29.7 Å². The molecule has 2 aromatic carbocycles. The highest BCUT2D eigenvalue weighted by Crippen LogP contribution is 2.29. The molecule has 0 radical (unpaired) electrons. The van der Waals surface area contributed by atoms with Crippen LogP contribution in [0.15, 0.2) is 64.5 Å². The SMILES string of the molecule is Cn1nc(CSc2ccccc2)c(/C=N/c2[nH]nc(Nc3cccc(CI)c3)c2C(N)=O)c1Cl. The second kappa shape index (κ2) is 11.1. The van der Waals surface area contributed by atoms with Crippen LogP contribution in [0, 0.1) is 0 Å². The van der Waals surface area contributed by atoms with Gasteiger partial charge in [-0.25, -0.2) is 4.99 Å². The molecule has 0 unspecified atom stereocenters. The molecule has 0 bridgehead atoms. The van der Waals surface area contributed by atoms with Gasteiger partial charge in [0.25, 0.3) is 5.91 Å². The lowest BCUT2D eigenvalue weighted by Crippen LogP contribution is -2.12. The van der Waals surface area contributed by atoms with E-state index < -0.39 is 5.91 Å². The van der Waals surface area contributed by atoms with Gasteiger partial charge in [-0.05, 0) is 29.8 Å². The first-order valence-electron chi connectivity index (χ1n) is 10.2. The standard InChI is InChI=1S/C23H21ClIN7OS/c1-32-20(24)17(18(31-32)13-34-16-8-3-2-4-9-16)12-27-22-19(21(26)33)23(30-29-22)28-15-7-5-6-14(10-15)11-25/h2-10,12H,11,13H2,1H3,(H2,26,33)(H2,28,29,30)/b27-12+. The van der Waals surface area contributed by atoms with Gasteiger partial charge in [-0.3, -0.25) is 14.6 Å². The first-order chi connectivity index (χ1) is 16.5. The van der Waals surface area contributed by atoms with Crippen molar-refractivity contribution in [2.45, 2.75) is 15.1 Å². The Balaban J connectivity index is 1.59. The lowest BCUT2D eigenvalue weighted by molar-refractivity contribution is 0.100. The number of anilines is 2. The number of amides is 1. The summed E-state index contributed by atoms with van der Waals surface area (Å²) in [7, 11) is 1.77. The minimum Gasteiger partial charge on any atom is -0.365 e. The summed E-state index contributed by atoms with van der Waals surface area (Å²) in [6.45, 7) is 0. The molecule has 4 N–H and O–H groups in total. The fraction of sp³-hybridized carbons (Fsp3) is 0.130. The van der Waals surface area contributed by atoms with E-state index >= 15 is 0 Å². The monoisotopic (exact) mass is 605 g/mol. The molecule has 0 aliphatic rings. The van der Waals surface area contributed by atoms with Crippen LogP contribution in [0.1, 0.15) is 27.2 Å². The average Bonchev–Trinajstić information content (AvgIpc) is 3.37. The average molecular weight is 606 g/mol. The van der Waals surface area contributed by atoms with Gasteiger partial charge < -0.3 is 11.1 Å². The van der Waals surface area contributed by atoms with Gasteiger partial charge in [-0.2, -0.15) is 10.2 Å². The Labute approximate surface area is 219 Å². The highest BCUT2D eigenvalue weighted by molar-refractivity contribution is 14.1. The third kappa shape index (κ3) is 5.62. The Bertz CT molecular complexity index is 1340. The van der Waals surface area contributed by atoms with Gasteiger partial charge in [0, 0.05) is 34.0 Å². The number of nitrogens with one attached hydrogen (secondary N) is 2. The van der Waals surface area contributed by atoms with E-state index in [0.29, 0.717) is 22.3 Å². The maximum atomic E-state index is 12.2. The molecule has 34 heavy (non-hydrogen) atoms. The third-order valence-electron chi connectivity index (χ3n) is 4.87. The molecule has 2 heterocycles. The zero-order valence-corrected chi connectivity index (χ0v) is 21.9. The molecule has 0 aliphatic heterocycles. The van der Waals surface area contributed by atoms with Crippen LogP contribution in [0.2, 0.25) is 5.15 Å². The van der Waals surface area contributed by atoms with Gasteiger partial charge in [-0.1, -0.05) is 64.5 Å². The van der Waals surface area contributed by atoms with Crippen LogP contribution in [0.5, 0.6) is 0 Å². The molecule has 8 nitrogen and oxygen atoms in total. The number of hydrogen-bond donors (Lipinski definition) is 3. The molecule has 0 atom stereocenters. The normalized spacial score (nSPS) is 11.3. The Hall–Kier alpha value is -2.83. The van der Waals surface area contributed by atoms with Crippen LogP contribution in [0.4, 0.5) is 17.3 Å². The molecule has 2 aromatic heterocycles. The summed E-state index contributed by atoms with van der Waals surface area (Å²) < 4.78 is 2.46. The van der Waals surface area contributed by atoms with Crippen molar-refractivity contribution < 1.29 is 4.79 Å². The van der Waals surface area contributed by atoms with Crippen molar-refractivity contribution in [2.24, 2.45) is 17.8 Å². The molecule has 4 aromatic rings. The van der Waals surface area contributed by atoms with Crippen LogP contribution >= 0.6 is 46.0 Å². The van der Waals surface area contributed by atoms with E-state index in [1.165, 1.54) is 0 Å². The van der Waals surface area contributed by atoms with E-state index in [-0.39, 0.29) is 11.4 Å². The first kappa shape index (κ1) is 24.3. The van der Waals surface area contributed by atoms with Gasteiger partial charge in [0.2, 0.25) is 0 Å². The number of nitrogens with zero attached hydrogens (tertiary/aromatic N) is 4. The smallest absolute Gasteiger partial charge is 0.256 e. The first-order valence-corrected chi connectivity index (χ1v) is 13.1. The van der Waals surface area contributed by atoms with E-state index in [1.807, 2.05) is 54.6 Å². The fourth-order valence-corrected chi connectivity index (χ4v) is 4.76. The predicted molar refractivity (Wildman–Crippen MR) is 146 cm³/mol. The fourth-order valence-electron chi connectivity index (χ4n) is 3.22. The summed E-state index contributed by atoms with van der Waals surface area (Å²) in [4.78, 5) is 17.8. The Morgan fingerprint density at radius 3 is 2.82 bits per heavy atom. The Kier molecular flexibility index (Phi) is 7.91. The number of rotatable bonds is 9. The molecule has 0 aliphatic carbocycles.